The second-order valence-corrected chi connectivity index (χ2v) is 4.81. The summed E-state index contributed by atoms with van der Waals surface area (Å²) in [5.74, 6) is 0.586. The predicted molar refractivity (Wildman–Crippen MR) is 76.0 cm³/mol. The molecule has 0 radical (unpaired) electrons. The van der Waals surface area contributed by atoms with Gasteiger partial charge in [-0.05, 0) is 25.3 Å². The molecule has 0 bridgehead atoms. The molecule has 7 heteroatoms. The highest BCUT2D eigenvalue weighted by atomic mass is 16.5. The Morgan fingerprint density at radius 2 is 2.50 bits per heavy atom. The summed E-state index contributed by atoms with van der Waals surface area (Å²) in [6.07, 6.45) is 4.97. The van der Waals surface area contributed by atoms with Crippen molar-refractivity contribution >= 4 is 11.8 Å². The number of nitrogens with zero attached hydrogens (tertiary/aromatic N) is 4. The van der Waals surface area contributed by atoms with Crippen molar-refractivity contribution in [3.63, 3.8) is 0 Å². The van der Waals surface area contributed by atoms with E-state index in [1.54, 1.807) is 12.3 Å². The molecule has 7 nitrogen and oxygen atoms in total. The zero-order valence-electron chi connectivity index (χ0n) is 11.7. The zero-order valence-corrected chi connectivity index (χ0v) is 11.7. The fourth-order valence-electron chi connectivity index (χ4n) is 2.24. The topological polar surface area (TPSA) is 96.9 Å². The summed E-state index contributed by atoms with van der Waals surface area (Å²) in [5, 5.41) is 11.7. The maximum Gasteiger partial charge on any atom is 0.226 e. The number of anilines is 1. The molecule has 1 saturated heterocycles. The Morgan fingerprint density at radius 1 is 1.65 bits per heavy atom. The van der Waals surface area contributed by atoms with Crippen molar-refractivity contribution < 1.29 is 9.94 Å². The van der Waals surface area contributed by atoms with E-state index in [2.05, 4.69) is 26.9 Å². The standard InChI is InChI=1S/C13H21N5O2/c1-2-8-20-10-4-3-7-18(9-10)13-15-6-5-11(16-13)12(14)17-19/h5-6,10,19H,2-4,7-9H2,1H3,(H2,14,17). The van der Waals surface area contributed by atoms with Crippen LogP contribution in [0.5, 0.6) is 0 Å². The highest BCUT2D eigenvalue weighted by Crippen LogP contribution is 2.18. The molecule has 1 atom stereocenters. The van der Waals surface area contributed by atoms with Crippen molar-refractivity contribution in [2.45, 2.75) is 32.3 Å². The van der Waals surface area contributed by atoms with E-state index in [0.29, 0.717) is 11.6 Å². The van der Waals surface area contributed by atoms with Crippen molar-refractivity contribution in [1.82, 2.24) is 9.97 Å². The molecule has 20 heavy (non-hydrogen) atoms. The lowest BCUT2D eigenvalue weighted by atomic mass is 10.1. The van der Waals surface area contributed by atoms with E-state index in [0.717, 1.165) is 39.0 Å². The lowest BCUT2D eigenvalue weighted by Gasteiger charge is -2.32. The molecule has 1 unspecified atom stereocenters. The molecule has 0 aliphatic carbocycles. The number of ether oxygens (including phenoxy) is 1. The zero-order chi connectivity index (χ0) is 14.4. The fourth-order valence-corrected chi connectivity index (χ4v) is 2.24. The molecule has 1 aromatic rings. The van der Waals surface area contributed by atoms with E-state index < -0.39 is 0 Å². The Kier molecular flexibility index (Phi) is 5.11. The molecule has 1 aliphatic rings. The molecule has 1 aromatic heterocycles. The first-order valence-corrected chi connectivity index (χ1v) is 6.92. The van der Waals surface area contributed by atoms with Gasteiger partial charge in [0, 0.05) is 25.9 Å². The van der Waals surface area contributed by atoms with Gasteiger partial charge in [-0.3, -0.25) is 0 Å². The predicted octanol–water partition coefficient (Wildman–Crippen LogP) is 0.967. The van der Waals surface area contributed by atoms with Crippen molar-refractivity contribution in [2.24, 2.45) is 10.9 Å². The highest BCUT2D eigenvalue weighted by molar-refractivity contribution is 5.95. The highest BCUT2D eigenvalue weighted by Gasteiger charge is 2.22. The number of piperidine rings is 1. The number of aromatic nitrogens is 2. The third kappa shape index (κ3) is 3.57. The quantitative estimate of drug-likeness (QED) is 0.361. The molecule has 2 rings (SSSR count). The van der Waals surface area contributed by atoms with Gasteiger partial charge in [0.1, 0.15) is 5.69 Å². The van der Waals surface area contributed by atoms with Crippen molar-refractivity contribution in [3.05, 3.63) is 18.0 Å². The van der Waals surface area contributed by atoms with Crippen molar-refractivity contribution in [3.8, 4) is 0 Å². The van der Waals surface area contributed by atoms with Gasteiger partial charge in [-0.25, -0.2) is 9.97 Å². The first-order valence-electron chi connectivity index (χ1n) is 6.92. The second kappa shape index (κ2) is 7.04. The lowest BCUT2D eigenvalue weighted by Crippen LogP contribution is -2.41. The van der Waals surface area contributed by atoms with Crippen LogP contribution in [0.1, 0.15) is 31.9 Å². The molecule has 3 N–H and O–H groups in total. The van der Waals surface area contributed by atoms with Gasteiger partial charge in [0.2, 0.25) is 5.95 Å². The Labute approximate surface area is 118 Å². The van der Waals surface area contributed by atoms with Crippen LogP contribution in [0.25, 0.3) is 0 Å². The van der Waals surface area contributed by atoms with Gasteiger partial charge in [0.25, 0.3) is 0 Å². The van der Waals surface area contributed by atoms with Gasteiger partial charge in [-0.1, -0.05) is 12.1 Å². The second-order valence-electron chi connectivity index (χ2n) is 4.81. The summed E-state index contributed by atoms with van der Waals surface area (Å²) in [6.45, 7) is 4.55. The van der Waals surface area contributed by atoms with E-state index in [-0.39, 0.29) is 11.9 Å². The molecular formula is C13H21N5O2. The molecule has 0 amide bonds. The van der Waals surface area contributed by atoms with Gasteiger partial charge in [-0.15, -0.1) is 0 Å². The summed E-state index contributed by atoms with van der Waals surface area (Å²) >= 11 is 0. The number of nitrogens with two attached hydrogens (primary N) is 1. The minimum Gasteiger partial charge on any atom is -0.409 e. The maximum atomic E-state index is 8.70. The Balaban J connectivity index is 2.07. The minimum atomic E-state index is -0.00978. The molecule has 2 heterocycles. The van der Waals surface area contributed by atoms with Gasteiger partial charge < -0.3 is 20.6 Å². The number of oxime groups is 1. The van der Waals surface area contributed by atoms with Gasteiger partial charge in [0.05, 0.1) is 6.10 Å². The summed E-state index contributed by atoms with van der Waals surface area (Å²) in [5.41, 5.74) is 5.98. The summed E-state index contributed by atoms with van der Waals surface area (Å²) in [4.78, 5) is 10.7. The summed E-state index contributed by atoms with van der Waals surface area (Å²) in [6, 6.07) is 1.62. The Hall–Kier alpha value is -1.89. The normalized spacial score (nSPS) is 20.1. The van der Waals surface area contributed by atoms with Crippen LogP contribution in [0.4, 0.5) is 5.95 Å². The van der Waals surface area contributed by atoms with E-state index in [9.17, 15) is 0 Å². The number of rotatable bonds is 5. The molecule has 0 aromatic carbocycles. The molecule has 1 fully saturated rings. The van der Waals surface area contributed by atoms with Crippen LogP contribution >= 0.6 is 0 Å². The summed E-state index contributed by atoms with van der Waals surface area (Å²) in [7, 11) is 0. The molecular weight excluding hydrogens is 258 g/mol. The Bertz CT molecular complexity index is 466. The van der Waals surface area contributed by atoms with Crippen LogP contribution in [0.3, 0.4) is 0 Å². The largest absolute Gasteiger partial charge is 0.409 e. The van der Waals surface area contributed by atoms with E-state index in [1.807, 2.05) is 0 Å². The molecule has 0 saturated carbocycles. The monoisotopic (exact) mass is 279 g/mol. The molecule has 0 spiro atoms. The lowest BCUT2D eigenvalue weighted by molar-refractivity contribution is 0.0437. The van der Waals surface area contributed by atoms with E-state index in [4.69, 9.17) is 15.7 Å². The average Bonchev–Trinajstić information content (AvgIpc) is 2.52. The van der Waals surface area contributed by atoms with E-state index >= 15 is 0 Å². The first-order chi connectivity index (χ1) is 9.74. The van der Waals surface area contributed by atoms with Gasteiger partial charge in [-0.2, -0.15) is 0 Å². The van der Waals surface area contributed by atoms with Crippen molar-refractivity contribution in [2.75, 3.05) is 24.6 Å². The number of amidine groups is 1. The van der Waals surface area contributed by atoms with Crippen LogP contribution in [0, 0.1) is 0 Å². The maximum absolute atomic E-state index is 8.70. The smallest absolute Gasteiger partial charge is 0.226 e. The van der Waals surface area contributed by atoms with Crippen LogP contribution in [0.2, 0.25) is 0 Å². The molecule has 1 aliphatic heterocycles. The third-order valence-electron chi connectivity index (χ3n) is 3.23. The van der Waals surface area contributed by atoms with Crippen molar-refractivity contribution in [1.29, 1.82) is 0 Å². The Morgan fingerprint density at radius 3 is 3.25 bits per heavy atom. The fraction of sp³-hybridized carbons (Fsp3) is 0.615. The number of hydrogen-bond donors (Lipinski definition) is 2. The molecule has 110 valence electrons. The van der Waals surface area contributed by atoms with Crippen LogP contribution in [-0.4, -0.2) is 46.8 Å². The SMILES string of the molecule is CCCOC1CCCN(c2nccc(/C(N)=N/O)n2)C1. The summed E-state index contributed by atoms with van der Waals surface area (Å²) < 4.78 is 5.80. The number of hydrogen-bond acceptors (Lipinski definition) is 6. The first kappa shape index (κ1) is 14.5. The van der Waals surface area contributed by atoms with E-state index in [1.165, 1.54) is 0 Å². The third-order valence-corrected chi connectivity index (χ3v) is 3.23. The average molecular weight is 279 g/mol. The van der Waals surface area contributed by atoms with Gasteiger partial charge in [0.15, 0.2) is 5.84 Å². The van der Waals surface area contributed by atoms with Crippen LogP contribution in [-0.2, 0) is 4.74 Å². The van der Waals surface area contributed by atoms with Crippen LogP contribution < -0.4 is 10.6 Å². The van der Waals surface area contributed by atoms with Crippen LogP contribution in [0.15, 0.2) is 17.4 Å². The van der Waals surface area contributed by atoms with Gasteiger partial charge >= 0.3 is 0 Å². The minimum absolute atomic E-state index is 0.00978.